The van der Waals surface area contributed by atoms with E-state index in [0.717, 1.165) is 6.54 Å². The normalized spacial score (nSPS) is 11.8. The zero-order chi connectivity index (χ0) is 25.0. The number of hydrogen-bond acceptors (Lipinski definition) is 3. The summed E-state index contributed by atoms with van der Waals surface area (Å²) < 4.78 is 0. The van der Waals surface area contributed by atoms with Gasteiger partial charge >= 0.3 is 0 Å². The Morgan fingerprint density at radius 1 is 0.382 bits per heavy atom. The minimum atomic E-state index is 0.868. The molecule has 0 radical (unpaired) electrons. The summed E-state index contributed by atoms with van der Waals surface area (Å²) in [6.07, 6.45) is 32.5. The van der Waals surface area contributed by atoms with Crippen LogP contribution in [0.4, 0.5) is 0 Å². The maximum absolute atomic E-state index is 5.57. The molecule has 0 spiro atoms. The predicted octanol–water partition coefficient (Wildman–Crippen LogP) is 8.80. The van der Waals surface area contributed by atoms with Crippen LogP contribution in [0.25, 0.3) is 0 Å². The van der Waals surface area contributed by atoms with Crippen LogP contribution >= 0.6 is 0 Å². The molecule has 0 rings (SSSR count). The van der Waals surface area contributed by atoms with Gasteiger partial charge in [-0.05, 0) is 78.9 Å². The lowest BCUT2D eigenvalue weighted by Crippen LogP contribution is -2.27. The van der Waals surface area contributed by atoms with E-state index >= 15 is 0 Å². The fourth-order valence-electron chi connectivity index (χ4n) is 4.99. The van der Waals surface area contributed by atoms with Gasteiger partial charge < -0.3 is 15.5 Å². The van der Waals surface area contributed by atoms with Crippen LogP contribution in [0.3, 0.4) is 0 Å². The molecule has 0 unspecified atom stereocenters. The second-order valence-corrected chi connectivity index (χ2v) is 11.2. The molecule has 0 bridgehead atoms. The Hall–Kier alpha value is -0.120. The van der Waals surface area contributed by atoms with Gasteiger partial charge in [0.25, 0.3) is 0 Å². The van der Waals surface area contributed by atoms with Crippen molar-refractivity contribution in [3.63, 3.8) is 0 Å². The minimum Gasteiger partial charge on any atom is -0.330 e. The Morgan fingerprint density at radius 2 is 0.676 bits per heavy atom. The number of nitrogens with zero attached hydrogens (tertiary/aromatic N) is 2. The molecule has 0 aliphatic heterocycles. The molecule has 3 nitrogen and oxygen atoms in total. The van der Waals surface area contributed by atoms with E-state index in [4.69, 9.17) is 5.73 Å². The van der Waals surface area contributed by atoms with Crippen molar-refractivity contribution in [3.05, 3.63) is 0 Å². The molecular formula is C31H67N3. The van der Waals surface area contributed by atoms with E-state index in [-0.39, 0.29) is 0 Å². The van der Waals surface area contributed by atoms with Gasteiger partial charge in [-0.1, -0.05) is 122 Å². The van der Waals surface area contributed by atoms with E-state index in [1.807, 2.05) is 0 Å². The molecule has 0 saturated carbocycles. The molecule has 0 aliphatic rings. The average molecular weight is 482 g/mol. The summed E-state index contributed by atoms with van der Waals surface area (Å²) >= 11 is 0. The smallest absolute Gasteiger partial charge is 0.00187 e. The lowest BCUT2D eigenvalue weighted by Gasteiger charge is -2.22. The van der Waals surface area contributed by atoms with Crippen molar-refractivity contribution in [3.8, 4) is 0 Å². The molecule has 0 aliphatic carbocycles. The van der Waals surface area contributed by atoms with Gasteiger partial charge in [-0.3, -0.25) is 0 Å². The molecule has 206 valence electrons. The highest BCUT2D eigenvalue weighted by atomic mass is 15.1. The summed E-state index contributed by atoms with van der Waals surface area (Å²) in [7, 11) is 4.36. The van der Waals surface area contributed by atoms with Gasteiger partial charge in [0.15, 0.2) is 0 Å². The summed E-state index contributed by atoms with van der Waals surface area (Å²) in [5.74, 6) is 0. The first-order chi connectivity index (χ1) is 16.7. The summed E-state index contributed by atoms with van der Waals surface area (Å²) in [5, 5.41) is 0. The van der Waals surface area contributed by atoms with Crippen LogP contribution in [0.15, 0.2) is 0 Å². The average Bonchev–Trinajstić information content (AvgIpc) is 2.82. The van der Waals surface area contributed by atoms with Gasteiger partial charge in [0.2, 0.25) is 0 Å². The van der Waals surface area contributed by atoms with Crippen molar-refractivity contribution < 1.29 is 0 Å². The van der Waals surface area contributed by atoms with E-state index < -0.39 is 0 Å². The highest BCUT2D eigenvalue weighted by Gasteiger charge is 2.05. The molecule has 0 aromatic heterocycles. The van der Waals surface area contributed by atoms with Crippen LogP contribution in [0.2, 0.25) is 0 Å². The molecule has 3 heteroatoms. The standard InChI is InChI=1S/C31H67N3/c1-4-5-23-29-34(30-25-20-16-12-7-6-10-14-18-22-27-32)31-26-21-17-13-9-8-11-15-19-24-28-33(2)3/h4-32H2,1-3H3. The summed E-state index contributed by atoms with van der Waals surface area (Å²) in [4.78, 5) is 5.10. The van der Waals surface area contributed by atoms with Crippen molar-refractivity contribution in [2.45, 2.75) is 155 Å². The van der Waals surface area contributed by atoms with E-state index in [9.17, 15) is 0 Å². The molecule has 0 aromatic rings. The van der Waals surface area contributed by atoms with Gasteiger partial charge in [0, 0.05) is 0 Å². The number of unbranched alkanes of at least 4 members (excludes halogenated alkanes) is 20. The quantitative estimate of drug-likeness (QED) is 0.108. The minimum absolute atomic E-state index is 0.868. The Labute approximate surface area is 217 Å². The third-order valence-electron chi connectivity index (χ3n) is 7.34. The second-order valence-electron chi connectivity index (χ2n) is 11.2. The molecule has 0 aromatic carbocycles. The van der Waals surface area contributed by atoms with Crippen LogP contribution in [0.1, 0.15) is 155 Å². The van der Waals surface area contributed by atoms with E-state index in [2.05, 4.69) is 30.8 Å². The first-order valence-corrected chi connectivity index (χ1v) is 15.8. The van der Waals surface area contributed by atoms with Gasteiger partial charge in [0.05, 0.1) is 0 Å². The zero-order valence-corrected chi connectivity index (χ0v) is 24.3. The predicted molar refractivity (Wildman–Crippen MR) is 156 cm³/mol. The van der Waals surface area contributed by atoms with E-state index in [0.29, 0.717) is 0 Å². The Kier molecular flexibility index (Phi) is 29.0. The zero-order valence-electron chi connectivity index (χ0n) is 24.3. The topological polar surface area (TPSA) is 32.5 Å². The molecule has 0 heterocycles. The number of rotatable bonds is 29. The fourth-order valence-corrected chi connectivity index (χ4v) is 4.99. The lowest BCUT2D eigenvalue weighted by atomic mass is 10.1. The van der Waals surface area contributed by atoms with Crippen LogP contribution in [0.5, 0.6) is 0 Å². The Morgan fingerprint density at radius 3 is 1.00 bits per heavy atom. The van der Waals surface area contributed by atoms with Gasteiger partial charge in [-0.25, -0.2) is 0 Å². The van der Waals surface area contributed by atoms with Gasteiger partial charge in [-0.15, -0.1) is 0 Å². The molecule has 2 N–H and O–H groups in total. The number of hydrogen-bond donors (Lipinski definition) is 1. The molecule has 0 amide bonds. The maximum atomic E-state index is 5.57. The van der Waals surface area contributed by atoms with Crippen LogP contribution in [-0.4, -0.2) is 56.6 Å². The van der Waals surface area contributed by atoms with Crippen LogP contribution in [-0.2, 0) is 0 Å². The van der Waals surface area contributed by atoms with Crippen LogP contribution < -0.4 is 5.73 Å². The molecule has 34 heavy (non-hydrogen) atoms. The number of nitrogens with two attached hydrogens (primary N) is 1. The largest absolute Gasteiger partial charge is 0.330 e. The van der Waals surface area contributed by atoms with E-state index in [1.165, 1.54) is 174 Å². The van der Waals surface area contributed by atoms with Crippen molar-refractivity contribution in [1.29, 1.82) is 0 Å². The fraction of sp³-hybridized carbons (Fsp3) is 1.00. The molecular weight excluding hydrogens is 414 g/mol. The highest BCUT2D eigenvalue weighted by molar-refractivity contribution is 4.60. The molecule has 0 saturated heterocycles. The molecule has 0 atom stereocenters. The van der Waals surface area contributed by atoms with Crippen molar-refractivity contribution in [2.75, 3.05) is 46.8 Å². The van der Waals surface area contributed by atoms with Gasteiger partial charge in [-0.2, -0.15) is 0 Å². The lowest BCUT2D eigenvalue weighted by molar-refractivity contribution is 0.255. The first kappa shape index (κ1) is 33.9. The third-order valence-corrected chi connectivity index (χ3v) is 7.34. The van der Waals surface area contributed by atoms with Crippen molar-refractivity contribution in [1.82, 2.24) is 9.80 Å². The summed E-state index contributed by atoms with van der Waals surface area (Å²) in [6, 6.07) is 0. The monoisotopic (exact) mass is 482 g/mol. The summed E-state index contributed by atoms with van der Waals surface area (Å²) in [6.45, 7) is 8.48. The third kappa shape index (κ3) is 28.1. The molecule has 0 fully saturated rings. The van der Waals surface area contributed by atoms with Crippen molar-refractivity contribution >= 4 is 0 Å². The second kappa shape index (κ2) is 29.1. The Balaban J connectivity index is 3.59. The first-order valence-electron chi connectivity index (χ1n) is 15.8. The highest BCUT2D eigenvalue weighted by Crippen LogP contribution is 2.13. The van der Waals surface area contributed by atoms with E-state index in [1.54, 1.807) is 0 Å². The van der Waals surface area contributed by atoms with Crippen LogP contribution in [0, 0.1) is 0 Å². The Bertz CT molecular complexity index is 359. The van der Waals surface area contributed by atoms with Gasteiger partial charge in [0.1, 0.15) is 0 Å². The summed E-state index contributed by atoms with van der Waals surface area (Å²) in [5.41, 5.74) is 5.57. The SMILES string of the molecule is CCCCCN(CCCCCCCCCCCCN)CCCCCCCCCCCCN(C)C. The van der Waals surface area contributed by atoms with Crippen molar-refractivity contribution in [2.24, 2.45) is 5.73 Å². The maximum Gasteiger partial charge on any atom is -0.00187 e.